The molecule has 2 heterocycles. The van der Waals surface area contributed by atoms with E-state index >= 15 is 0 Å². The van der Waals surface area contributed by atoms with E-state index in [1.54, 1.807) is 42.5 Å². The van der Waals surface area contributed by atoms with Crippen molar-refractivity contribution in [2.45, 2.75) is 5.60 Å². The van der Waals surface area contributed by atoms with Gasteiger partial charge in [0.25, 0.3) is 11.5 Å². The monoisotopic (exact) mass is 446 g/mol. The first-order valence-electron chi connectivity index (χ1n) is 10.2. The summed E-state index contributed by atoms with van der Waals surface area (Å²) in [5.41, 5.74) is 0.364. The first kappa shape index (κ1) is 20.7. The minimum Gasteiger partial charge on any atom is -0.493 e. The van der Waals surface area contributed by atoms with Crippen molar-refractivity contribution in [2.24, 2.45) is 11.1 Å². The molecule has 0 saturated heterocycles. The highest BCUT2D eigenvalue weighted by atomic mass is 19.1. The maximum absolute atomic E-state index is 14.0. The number of Topliss-reactive ketones (excluding diaryl/α,β-unsaturated/α-hetero) is 1. The topological polar surface area (TPSA) is 86.2 Å². The average molecular weight is 446 g/mol. The first-order valence-corrected chi connectivity index (χ1v) is 10.2. The van der Waals surface area contributed by atoms with Gasteiger partial charge in [-0.15, -0.1) is 0 Å². The Morgan fingerprint density at radius 1 is 1.03 bits per heavy atom. The third-order valence-corrected chi connectivity index (χ3v) is 5.95. The molecule has 8 heteroatoms. The predicted molar refractivity (Wildman–Crippen MR) is 118 cm³/mol. The van der Waals surface area contributed by atoms with Gasteiger partial charge in [0.05, 0.1) is 14.2 Å². The molecule has 1 spiro atoms. The Morgan fingerprint density at radius 3 is 2.48 bits per heavy atom. The lowest BCUT2D eigenvalue weighted by atomic mass is 9.74. The van der Waals surface area contributed by atoms with Crippen LogP contribution in [0.15, 0.2) is 71.9 Å². The number of fused-ring (bicyclic) bond motifs is 2. The SMILES string of the molecule is COc1ccc(C(=O)[C@@H]2C(c3ccc(F)cc3)=NO[C@@]23C(=O)Nc2ccccc23)cc1OC. The minimum absolute atomic E-state index is 0.238. The normalized spacial score (nSPS) is 20.6. The molecule has 5 rings (SSSR count). The number of para-hydroxylation sites is 1. The molecule has 2 atom stereocenters. The van der Waals surface area contributed by atoms with Gasteiger partial charge in [-0.2, -0.15) is 0 Å². The number of hydrogen-bond donors (Lipinski definition) is 1. The van der Waals surface area contributed by atoms with Crippen LogP contribution in [-0.4, -0.2) is 31.6 Å². The number of ether oxygens (including phenoxy) is 2. The molecule has 0 aromatic heterocycles. The number of rotatable bonds is 5. The third kappa shape index (κ3) is 3.06. The van der Waals surface area contributed by atoms with Crippen molar-refractivity contribution in [3.05, 3.63) is 89.2 Å². The second-order valence-corrected chi connectivity index (χ2v) is 7.68. The van der Waals surface area contributed by atoms with Gasteiger partial charge in [-0.25, -0.2) is 4.39 Å². The van der Waals surface area contributed by atoms with Gasteiger partial charge in [0.2, 0.25) is 0 Å². The smallest absolute Gasteiger partial charge is 0.277 e. The Hall–Kier alpha value is -4.20. The fourth-order valence-electron chi connectivity index (χ4n) is 4.35. The van der Waals surface area contributed by atoms with Crippen molar-refractivity contribution in [2.75, 3.05) is 19.5 Å². The highest BCUT2D eigenvalue weighted by Gasteiger charge is 2.63. The largest absolute Gasteiger partial charge is 0.493 e. The van der Waals surface area contributed by atoms with Crippen molar-refractivity contribution >= 4 is 23.1 Å². The number of ketones is 1. The van der Waals surface area contributed by atoms with Gasteiger partial charge in [0, 0.05) is 22.4 Å². The number of anilines is 1. The third-order valence-electron chi connectivity index (χ3n) is 5.95. The van der Waals surface area contributed by atoms with Crippen LogP contribution in [0.1, 0.15) is 21.5 Å². The molecule has 3 aromatic carbocycles. The molecule has 1 amide bonds. The number of nitrogens with one attached hydrogen (secondary N) is 1. The Labute approximate surface area is 188 Å². The fourth-order valence-corrected chi connectivity index (χ4v) is 4.35. The number of nitrogens with zero attached hydrogens (tertiary/aromatic N) is 1. The summed E-state index contributed by atoms with van der Waals surface area (Å²) in [6.07, 6.45) is 0. The average Bonchev–Trinajstić information content (AvgIpc) is 3.37. The summed E-state index contributed by atoms with van der Waals surface area (Å²) in [5, 5.41) is 6.98. The lowest BCUT2D eigenvalue weighted by Gasteiger charge is -2.26. The number of methoxy groups -OCH3 is 2. The van der Waals surface area contributed by atoms with Crippen molar-refractivity contribution in [1.82, 2.24) is 0 Å². The first-order chi connectivity index (χ1) is 16.0. The highest BCUT2D eigenvalue weighted by molar-refractivity contribution is 6.24. The number of amides is 1. The molecule has 0 unspecified atom stereocenters. The zero-order valence-corrected chi connectivity index (χ0v) is 17.8. The van der Waals surface area contributed by atoms with E-state index in [1.165, 1.54) is 38.5 Å². The summed E-state index contributed by atoms with van der Waals surface area (Å²) >= 11 is 0. The predicted octanol–water partition coefficient (Wildman–Crippen LogP) is 3.92. The Balaban J connectivity index is 1.68. The summed E-state index contributed by atoms with van der Waals surface area (Å²) in [5.74, 6) is -1.62. The van der Waals surface area contributed by atoms with E-state index < -0.39 is 29.0 Å². The highest BCUT2D eigenvalue weighted by Crippen LogP contribution is 2.50. The van der Waals surface area contributed by atoms with E-state index in [4.69, 9.17) is 14.3 Å². The molecule has 0 saturated carbocycles. The zero-order valence-electron chi connectivity index (χ0n) is 17.8. The van der Waals surface area contributed by atoms with Crippen LogP contribution >= 0.6 is 0 Å². The maximum atomic E-state index is 14.0. The van der Waals surface area contributed by atoms with Gasteiger partial charge < -0.3 is 19.6 Å². The number of benzene rings is 3. The van der Waals surface area contributed by atoms with E-state index in [0.717, 1.165) is 0 Å². The van der Waals surface area contributed by atoms with Crippen LogP contribution < -0.4 is 14.8 Å². The number of oxime groups is 1. The van der Waals surface area contributed by atoms with Crippen molar-refractivity contribution in [1.29, 1.82) is 0 Å². The Bertz CT molecular complexity index is 1300. The van der Waals surface area contributed by atoms with Gasteiger partial charge in [0.15, 0.2) is 17.3 Å². The van der Waals surface area contributed by atoms with E-state index in [9.17, 15) is 14.0 Å². The Morgan fingerprint density at radius 2 is 1.76 bits per heavy atom. The van der Waals surface area contributed by atoms with Crippen molar-refractivity contribution in [3.63, 3.8) is 0 Å². The molecule has 2 aliphatic rings. The van der Waals surface area contributed by atoms with Crippen molar-refractivity contribution in [3.8, 4) is 11.5 Å². The lowest BCUT2D eigenvalue weighted by Crippen LogP contribution is -2.46. The number of carbonyl (C=O) groups excluding carboxylic acids is 2. The van der Waals surface area contributed by atoms with E-state index in [-0.39, 0.29) is 11.3 Å². The number of halogens is 1. The molecular formula is C25H19FN2O5. The zero-order chi connectivity index (χ0) is 23.2. The molecule has 0 radical (unpaired) electrons. The van der Waals surface area contributed by atoms with Crippen LogP contribution in [0.3, 0.4) is 0 Å². The molecule has 2 aliphatic heterocycles. The van der Waals surface area contributed by atoms with Gasteiger partial charge >= 0.3 is 0 Å². The van der Waals surface area contributed by atoms with Crippen LogP contribution in [0.2, 0.25) is 0 Å². The summed E-state index contributed by atoms with van der Waals surface area (Å²) in [7, 11) is 2.97. The van der Waals surface area contributed by atoms with Crippen molar-refractivity contribution < 1.29 is 28.3 Å². The fraction of sp³-hybridized carbons (Fsp3) is 0.160. The molecule has 33 heavy (non-hydrogen) atoms. The van der Waals surface area contributed by atoms with E-state index in [0.29, 0.717) is 28.3 Å². The second-order valence-electron chi connectivity index (χ2n) is 7.68. The van der Waals surface area contributed by atoms with E-state index in [2.05, 4.69) is 10.5 Å². The Kier molecular flexibility index (Phi) is 4.85. The molecule has 0 fully saturated rings. The van der Waals surface area contributed by atoms with Gasteiger partial charge in [0.1, 0.15) is 17.4 Å². The lowest BCUT2D eigenvalue weighted by molar-refractivity contribution is -0.140. The molecule has 0 aliphatic carbocycles. The van der Waals surface area contributed by atoms with Crippen LogP contribution in [-0.2, 0) is 15.2 Å². The van der Waals surface area contributed by atoms with Gasteiger partial charge in [-0.1, -0.05) is 35.5 Å². The summed E-state index contributed by atoms with van der Waals surface area (Å²) in [6.45, 7) is 0. The second kappa shape index (κ2) is 7.74. The number of carbonyl (C=O) groups is 2. The molecular weight excluding hydrogens is 427 g/mol. The maximum Gasteiger partial charge on any atom is 0.277 e. The van der Waals surface area contributed by atoms with Gasteiger partial charge in [-0.3, -0.25) is 9.59 Å². The van der Waals surface area contributed by atoms with Crippen LogP contribution in [0.4, 0.5) is 10.1 Å². The van der Waals surface area contributed by atoms with E-state index in [1.807, 2.05) is 0 Å². The molecule has 0 bridgehead atoms. The van der Waals surface area contributed by atoms with Gasteiger partial charge in [-0.05, 0) is 36.4 Å². The number of hydrogen-bond acceptors (Lipinski definition) is 6. The summed E-state index contributed by atoms with van der Waals surface area (Å²) < 4.78 is 24.2. The summed E-state index contributed by atoms with van der Waals surface area (Å²) in [6, 6.07) is 17.3. The van der Waals surface area contributed by atoms with Crippen LogP contribution in [0.25, 0.3) is 0 Å². The standard InChI is InChI=1S/C25H19FN2O5/c1-31-19-12-9-15(13-20(19)32-2)23(29)21-22(14-7-10-16(26)11-8-14)28-33-25(21)17-5-3-4-6-18(17)27-24(25)30/h3-13,21H,1-2H3,(H,27,30)/t21-,25+/m0/s1. The summed E-state index contributed by atoms with van der Waals surface area (Å²) in [4.78, 5) is 33.1. The molecule has 3 aromatic rings. The quantitative estimate of drug-likeness (QED) is 0.601. The minimum atomic E-state index is -1.69. The molecule has 7 nitrogen and oxygen atoms in total. The van der Waals surface area contributed by atoms with Crippen LogP contribution in [0, 0.1) is 11.7 Å². The van der Waals surface area contributed by atoms with Crippen LogP contribution in [0.5, 0.6) is 11.5 Å². The molecule has 1 N–H and O–H groups in total. The molecule has 166 valence electrons.